The number of ether oxygens (including phenoxy) is 2. The van der Waals surface area contributed by atoms with Crippen LogP contribution >= 0.6 is 11.6 Å². The van der Waals surface area contributed by atoms with E-state index in [0.717, 1.165) is 62.1 Å². The van der Waals surface area contributed by atoms with E-state index in [0.29, 0.717) is 5.02 Å². The molecule has 0 aliphatic carbocycles. The molecule has 2 aromatic heterocycles. The Balaban J connectivity index is 1.51. The molecule has 1 fully saturated rings. The normalized spacial score (nSPS) is 16.0. The van der Waals surface area contributed by atoms with Crippen LogP contribution in [0.4, 0.5) is 0 Å². The minimum Gasteiger partial charge on any atom is -0.492 e. The summed E-state index contributed by atoms with van der Waals surface area (Å²) in [6.07, 6.45) is 6.63. The van der Waals surface area contributed by atoms with Gasteiger partial charge in [-0.25, -0.2) is 0 Å². The van der Waals surface area contributed by atoms with Crippen molar-refractivity contribution in [3.05, 3.63) is 29.5 Å². The number of nitrogens with one attached hydrogen (secondary N) is 1. The molecule has 21 heavy (non-hydrogen) atoms. The van der Waals surface area contributed by atoms with Crippen LogP contribution in [0.2, 0.25) is 5.02 Å². The molecule has 6 heteroatoms. The van der Waals surface area contributed by atoms with Crippen LogP contribution in [0.1, 0.15) is 19.3 Å². The average molecular weight is 308 g/mol. The minimum atomic E-state index is 0.565. The first-order chi connectivity index (χ1) is 10.3. The molecule has 3 rings (SSSR count). The molecule has 1 aliphatic heterocycles. The van der Waals surface area contributed by atoms with E-state index in [1.165, 1.54) is 0 Å². The van der Waals surface area contributed by atoms with Gasteiger partial charge in [-0.05, 0) is 37.3 Å². The van der Waals surface area contributed by atoms with Crippen LogP contribution in [-0.4, -0.2) is 35.0 Å². The summed E-state index contributed by atoms with van der Waals surface area (Å²) < 4.78 is 11.1. The Morgan fingerprint density at radius 2 is 2.14 bits per heavy atom. The molecule has 3 heterocycles. The van der Waals surface area contributed by atoms with Crippen LogP contribution in [-0.2, 0) is 4.74 Å². The van der Waals surface area contributed by atoms with Gasteiger partial charge in [0.05, 0.1) is 29.7 Å². The van der Waals surface area contributed by atoms with Crippen LogP contribution < -0.4 is 4.74 Å². The van der Waals surface area contributed by atoms with Gasteiger partial charge in [-0.2, -0.15) is 5.10 Å². The topological polar surface area (TPSA) is 60.0 Å². The largest absolute Gasteiger partial charge is 0.492 e. The molecule has 1 saturated heterocycles. The fraction of sp³-hybridized carbons (Fsp3) is 0.467. The number of hydrogen-bond acceptors (Lipinski definition) is 4. The Kier molecular flexibility index (Phi) is 4.72. The van der Waals surface area contributed by atoms with Crippen molar-refractivity contribution in [2.75, 3.05) is 19.8 Å². The van der Waals surface area contributed by atoms with Crippen LogP contribution in [0, 0.1) is 5.92 Å². The van der Waals surface area contributed by atoms with E-state index >= 15 is 0 Å². The van der Waals surface area contributed by atoms with E-state index in [4.69, 9.17) is 21.1 Å². The Hall–Kier alpha value is -1.59. The van der Waals surface area contributed by atoms with Crippen molar-refractivity contribution < 1.29 is 9.47 Å². The predicted molar refractivity (Wildman–Crippen MR) is 80.5 cm³/mol. The Bertz CT molecular complexity index is 565. The van der Waals surface area contributed by atoms with Crippen LogP contribution in [0.15, 0.2) is 24.5 Å². The first-order valence-electron chi connectivity index (χ1n) is 7.19. The molecule has 0 radical (unpaired) electrons. The summed E-state index contributed by atoms with van der Waals surface area (Å²) in [7, 11) is 0. The van der Waals surface area contributed by atoms with Crippen molar-refractivity contribution in [1.82, 2.24) is 15.2 Å². The second-order valence-corrected chi connectivity index (χ2v) is 5.57. The molecule has 0 atom stereocenters. The number of halogens is 1. The Morgan fingerprint density at radius 3 is 2.81 bits per heavy atom. The van der Waals surface area contributed by atoms with Gasteiger partial charge in [-0.15, -0.1) is 0 Å². The highest BCUT2D eigenvalue weighted by Crippen LogP contribution is 2.24. The van der Waals surface area contributed by atoms with Crippen molar-refractivity contribution in [2.45, 2.75) is 19.3 Å². The molecule has 112 valence electrons. The third-order valence-corrected chi connectivity index (χ3v) is 4.01. The third-order valence-electron chi connectivity index (χ3n) is 3.72. The molecular formula is C15H18ClN3O2. The molecule has 1 aliphatic rings. The van der Waals surface area contributed by atoms with Crippen molar-refractivity contribution in [3.63, 3.8) is 0 Å². The summed E-state index contributed by atoms with van der Waals surface area (Å²) in [5, 5.41) is 7.28. The minimum absolute atomic E-state index is 0.565. The maximum atomic E-state index is 6.01. The van der Waals surface area contributed by atoms with Crippen LogP contribution in [0.5, 0.6) is 5.75 Å². The SMILES string of the molecule is Clc1cn[nH]c1-c1ccc(OCCC2CCOCC2)cn1. The molecule has 0 amide bonds. The summed E-state index contributed by atoms with van der Waals surface area (Å²) in [4.78, 5) is 4.35. The quantitative estimate of drug-likeness (QED) is 0.920. The first kappa shape index (κ1) is 14.4. The number of nitrogens with zero attached hydrogens (tertiary/aromatic N) is 2. The van der Waals surface area contributed by atoms with Crippen LogP contribution in [0.3, 0.4) is 0 Å². The van der Waals surface area contributed by atoms with E-state index in [2.05, 4.69) is 15.2 Å². The maximum Gasteiger partial charge on any atom is 0.137 e. The van der Waals surface area contributed by atoms with Crippen molar-refractivity contribution >= 4 is 11.6 Å². The zero-order valence-corrected chi connectivity index (χ0v) is 12.5. The number of rotatable bonds is 5. The van der Waals surface area contributed by atoms with Crippen molar-refractivity contribution in [1.29, 1.82) is 0 Å². The van der Waals surface area contributed by atoms with Crippen molar-refractivity contribution in [3.8, 4) is 17.1 Å². The zero-order valence-electron chi connectivity index (χ0n) is 11.7. The van der Waals surface area contributed by atoms with Crippen LogP contribution in [0.25, 0.3) is 11.4 Å². The Morgan fingerprint density at radius 1 is 1.29 bits per heavy atom. The van der Waals surface area contributed by atoms with E-state index in [1.54, 1.807) is 12.4 Å². The van der Waals surface area contributed by atoms with Crippen molar-refractivity contribution in [2.24, 2.45) is 5.92 Å². The average Bonchev–Trinajstić information content (AvgIpc) is 2.95. The lowest BCUT2D eigenvalue weighted by Crippen LogP contribution is -2.17. The summed E-state index contributed by atoms with van der Waals surface area (Å²) in [5.41, 5.74) is 1.49. The molecule has 5 nitrogen and oxygen atoms in total. The van der Waals surface area contributed by atoms with Gasteiger partial charge in [-0.3, -0.25) is 10.1 Å². The molecule has 0 spiro atoms. The molecule has 0 bridgehead atoms. The number of aromatic amines is 1. The first-order valence-corrected chi connectivity index (χ1v) is 7.56. The second-order valence-electron chi connectivity index (χ2n) is 5.16. The van der Waals surface area contributed by atoms with Gasteiger partial charge in [0.2, 0.25) is 0 Å². The molecule has 0 saturated carbocycles. The van der Waals surface area contributed by atoms with Gasteiger partial charge >= 0.3 is 0 Å². The second kappa shape index (κ2) is 6.91. The number of hydrogen-bond donors (Lipinski definition) is 1. The van der Waals surface area contributed by atoms with E-state index < -0.39 is 0 Å². The van der Waals surface area contributed by atoms with Gasteiger partial charge in [0.25, 0.3) is 0 Å². The van der Waals surface area contributed by atoms with E-state index in [1.807, 2.05) is 12.1 Å². The Labute approximate surface area is 128 Å². The highest BCUT2D eigenvalue weighted by atomic mass is 35.5. The van der Waals surface area contributed by atoms with Gasteiger partial charge in [-0.1, -0.05) is 11.6 Å². The summed E-state index contributed by atoms with van der Waals surface area (Å²) >= 11 is 6.01. The fourth-order valence-corrected chi connectivity index (χ4v) is 2.63. The lowest BCUT2D eigenvalue weighted by atomic mass is 9.97. The standard InChI is InChI=1S/C15H18ClN3O2/c16-13-10-18-19-15(13)14-2-1-12(9-17-14)21-8-5-11-3-6-20-7-4-11/h1-2,9-11H,3-8H2,(H,18,19). The van der Waals surface area contributed by atoms with Gasteiger partial charge in [0.15, 0.2) is 0 Å². The van der Waals surface area contributed by atoms with Gasteiger partial charge in [0.1, 0.15) is 11.4 Å². The monoisotopic (exact) mass is 307 g/mol. The maximum absolute atomic E-state index is 6.01. The molecular weight excluding hydrogens is 290 g/mol. The summed E-state index contributed by atoms with van der Waals surface area (Å²) in [6.45, 7) is 2.48. The number of pyridine rings is 1. The number of aromatic nitrogens is 3. The molecule has 0 unspecified atom stereocenters. The van der Waals surface area contributed by atoms with E-state index in [-0.39, 0.29) is 0 Å². The smallest absolute Gasteiger partial charge is 0.137 e. The predicted octanol–water partition coefficient (Wildman–Crippen LogP) is 3.32. The zero-order chi connectivity index (χ0) is 14.5. The molecule has 1 N–H and O–H groups in total. The lowest BCUT2D eigenvalue weighted by molar-refractivity contribution is 0.0593. The molecule has 2 aromatic rings. The molecule has 0 aromatic carbocycles. The van der Waals surface area contributed by atoms with Gasteiger partial charge in [0, 0.05) is 13.2 Å². The summed E-state index contributed by atoms with van der Waals surface area (Å²) in [5.74, 6) is 1.50. The fourth-order valence-electron chi connectivity index (χ4n) is 2.44. The number of H-pyrrole nitrogens is 1. The summed E-state index contributed by atoms with van der Waals surface area (Å²) in [6, 6.07) is 3.78. The highest BCUT2D eigenvalue weighted by Gasteiger charge is 2.13. The third kappa shape index (κ3) is 3.74. The van der Waals surface area contributed by atoms with Gasteiger partial charge < -0.3 is 9.47 Å². The van der Waals surface area contributed by atoms with E-state index in [9.17, 15) is 0 Å². The highest BCUT2D eigenvalue weighted by molar-refractivity contribution is 6.32. The lowest BCUT2D eigenvalue weighted by Gasteiger charge is -2.21.